The summed E-state index contributed by atoms with van der Waals surface area (Å²) in [5.41, 5.74) is 3.40. The average molecular weight is 322 g/mol. The maximum atomic E-state index is 11.6. The number of anilines is 1. The van der Waals surface area contributed by atoms with Crippen LogP contribution >= 0.6 is 11.6 Å². The van der Waals surface area contributed by atoms with E-state index in [2.05, 4.69) is 11.4 Å². The second-order valence-corrected chi connectivity index (χ2v) is 7.91. The number of hydrogen-bond acceptors (Lipinski definition) is 3. The Hall–Kier alpha value is -1.52. The molecule has 0 spiro atoms. The molecular weight excluding hydrogens is 306 g/mol. The smallest absolute Gasteiger partial charge is 0.175 e. The molecule has 0 fully saturated rings. The largest absolute Gasteiger partial charge is 0.382 e. The number of sulfone groups is 1. The van der Waals surface area contributed by atoms with E-state index in [9.17, 15) is 8.42 Å². The van der Waals surface area contributed by atoms with Gasteiger partial charge in [0, 0.05) is 23.0 Å². The van der Waals surface area contributed by atoms with Gasteiger partial charge >= 0.3 is 0 Å². The van der Waals surface area contributed by atoms with Gasteiger partial charge in [-0.15, -0.1) is 0 Å². The molecule has 21 heavy (non-hydrogen) atoms. The molecule has 0 bridgehead atoms. The van der Waals surface area contributed by atoms with Gasteiger partial charge in [0.15, 0.2) is 9.84 Å². The van der Waals surface area contributed by atoms with E-state index in [1.54, 1.807) is 18.2 Å². The van der Waals surface area contributed by atoms with Gasteiger partial charge in [-0.2, -0.15) is 0 Å². The molecule has 0 aromatic heterocycles. The van der Waals surface area contributed by atoms with Crippen molar-refractivity contribution in [3.8, 4) is 0 Å². The van der Waals surface area contributed by atoms with Crippen LogP contribution in [0.4, 0.5) is 5.69 Å². The van der Waals surface area contributed by atoms with Gasteiger partial charge in [-0.1, -0.05) is 23.7 Å². The molecule has 0 heterocycles. The summed E-state index contributed by atoms with van der Waals surface area (Å²) in [6.07, 6.45) is 3.05. The highest BCUT2D eigenvalue weighted by Crippen LogP contribution is 2.27. The third-order valence-corrected chi connectivity index (χ3v) is 5.08. The van der Waals surface area contributed by atoms with E-state index in [0.717, 1.165) is 23.6 Å². The van der Waals surface area contributed by atoms with E-state index in [0.29, 0.717) is 4.90 Å². The van der Waals surface area contributed by atoms with Crippen LogP contribution in [0.25, 0.3) is 0 Å². The Balaban J connectivity index is 1.78. The van der Waals surface area contributed by atoms with Crippen molar-refractivity contribution < 1.29 is 8.42 Å². The Morgan fingerprint density at radius 3 is 2.62 bits per heavy atom. The molecule has 3 nitrogen and oxygen atoms in total. The number of hydrogen-bond donors (Lipinski definition) is 1. The fourth-order valence-corrected chi connectivity index (χ4v) is 3.60. The Bertz CT molecular complexity index is 787. The van der Waals surface area contributed by atoms with Gasteiger partial charge in [0.25, 0.3) is 0 Å². The van der Waals surface area contributed by atoms with Crippen LogP contribution in [-0.4, -0.2) is 20.7 Å². The van der Waals surface area contributed by atoms with Crippen molar-refractivity contribution in [3.63, 3.8) is 0 Å². The summed E-state index contributed by atoms with van der Waals surface area (Å²) < 4.78 is 23.2. The van der Waals surface area contributed by atoms with Gasteiger partial charge in [0.05, 0.1) is 4.90 Å². The van der Waals surface area contributed by atoms with E-state index in [1.807, 2.05) is 18.2 Å². The van der Waals surface area contributed by atoms with Gasteiger partial charge in [-0.05, 0) is 54.3 Å². The van der Waals surface area contributed by atoms with Crippen molar-refractivity contribution in [2.24, 2.45) is 0 Å². The minimum absolute atomic E-state index is 0.272. The monoisotopic (exact) mass is 321 g/mol. The first kappa shape index (κ1) is 14.4. The molecule has 2 aromatic rings. The zero-order valence-electron chi connectivity index (χ0n) is 11.6. The van der Waals surface area contributed by atoms with Crippen molar-refractivity contribution in [2.75, 3.05) is 11.6 Å². The molecule has 1 atom stereocenters. The molecule has 1 aliphatic carbocycles. The standard InChI is InChI=1S/C16H16ClNO2S/c1-21(19,20)16-4-2-3-14(10-16)18-15-8-11-5-6-13(17)7-12(11)9-15/h2-7,10,15,18H,8-9H2,1H3. The highest BCUT2D eigenvalue weighted by molar-refractivity contribution is 7.90. The molecule has 0 amide bonds. The lowest BCUT2D eigenvalue weighted by Crippen LogP contribution is -2.19. The lowest BCUT2D eigenvalue weighted by Gasteiger charge is -2.14. The van der Waals surface area contributed by atoms with E-state index in [-0.39, 0.29) is 6.04 Å². The average Bonchev–Trinajstić information content (AvgIpc) is 2.79. The van der Waals surface area contributed by atoms with E-state index >= 15 is 0 Å². The van der Waals surface area contributed by atoms with Crippen LogP contribution in [0.1, 0.15) is 11.1 Å². The Morgan fingerprint density at radius 2 is 1.86 bits per heavy atom. The van der Waals surface area contributed by atoms with Crippen molar-refractivity contribution in [3.05, 3.63) is 58.6 Å². The third-order valence-electron chi connectivity index (χ3n) is 3.73. The minimum atomic E-state index is -3.18. The topological polar surface area (TPSA) is 46.2 Å². The summed E-state index contributed by atoms with van der Waals surface area (Å²) in [6, 6.07) is 13.2. The molecule has 110 valence electrons. The summed E-state index contributed by atoms with van der Waals surface area (Å²) in [6.45, 7) is 0. The third kappa shape index (κ3) is 3.22. The highest BCUT2D eigenvalue weighted by Gasteiger charge is 2.21. The van der Waals surface area contributed by atoms with Crippen LogP contribution in [-0.2, 0) is 22.7 Å². The Kier molecular flexibility index (Phi) is 3.68. The summed E-state index contributed by atoms with van der Waals surface area (Å²) in [7, 11) is -3.18. The Morgan fingerprint density at radius 1 is 1.10 bits per heavy atom. The molecule has 3 rings (SSSR count). The number of fused-ring (bicyclic) bond motifs is 1. The molecule has 0 radical (unpaired) electrons. The lowest BCUT2D eigenvalue weighted by molar-refractivity contribution is 0.602. The normalized spacial score (nSPS) is 17.5. The first-order chi connectivity index (χ1) is 9.91. The summed E-state index contributed by atoms with van der Waals surface area (Å²) in [4.78, 5) is 0.339. The number of benzene rings is 2. The van der Waals surface area contributed by atoms with Crippen LogP contribution in [0.5, 0.6) is 0 Å². The first-order valence-electron chi connectivity index (χ1n) is 6.76. The molecule has 0 saturated heterocycles. The zero-order chi connectivity index (χ0) is 15.0. The van der Waals surface area contributed by atoms with Gasteiger partial charge in [-0.25, -0.2) is 8.42 Å². The van der Waals surface area contributed by atoms with Crippen LogP contribution in [0.15, 0.2) is 47.4 Å². The highest BCUT2D eigenvalue weighted by atomic mass is 35.5. The predicted octanol–water partition coefficient (Wildman–Crippen LogP) is 3.32. The molecule has 2 aromatic carbocycles. The van der Waals surface area contributed by atoms with E-state index in [4.69, 9.17) is 11.6 Å². The van der Waals surface area contributed by atoms with Crippen molar-refractivity contribution in [1.29, 1.82) is 0 Å². The quantitative estimate of drug-likeness (QED) is 0.943. The number of nitrogens with one attached hydrogen (secondary N) is 1. The minimum Gasteiger partial charge on any atom is -0.382 e. The summed E-state index contributed by atoms with van der Waals surface area (Å²) in [5, 5.41) is 4.17. The summed E-state index contributed by atoms with van der Waals surface area (Å²) >= 11 is 6.02. The molecule has 0 saturated carbocycles. The van der Waals surface area contributed by atoms with Crippen LogP contribution in [0.2, 0.25) is 5.02 Å². The SMILES string of the molecule is CS(=O)(=O)c1cccc(NC2Cc3ccc(Cl)cc3C2)c1. The van der Waals surface area contributed by atoms with Gasteiger partial charge < -0.3 is 5.32 Å². The van der Waals surface area contributed by atoms with Crippen LogP contribution in [0.3, 0.4) is 0 Å². The second-order valence-electron chi connectivity index (χ2n) is 5.46. The fourth-order valence-electron chi connectivity index (χ4n) is 2.74. The van der Waals surface area contributed by atoms with Crippen molar-refractivity contribution in [2.45, 2.75) is 23.8 Å². The number of halogens is 1. The van der Waals surface area contributed by atoms with E-state index < -0.39 is 9.84 Å². The maximum absolute atomic E-state index is 11.6. The number of rotatable bonds is 3. The molecule has 0 aliphatic heterocycles. The zero-order valence-corrected chi connectivity index (χ0v) is 13.2. The molecule has 1 N–H and O–H groups in total. The van der Waals surface area contributed by atoms with Gasteiger partial charge in [-0.3, -0.25) is 0 Å². The molecular formula is C16H16ClNO2S. The molecule has 1 aliphatic rings. The molecule has 1 unspecified atom stereocenters. The van der Waals surface area contributed by atoms with Crippen LogP contribution in [0, 0.1) is 0 Å². The fraction of sp³-hybridized carbons (Fsp3) is 0.250. The lowest BCUT2D eigenvalue weighted by atomic mass is 10.1. The van der Waals surface area contributed by atoms with E-state index in [1.165, 1.54) is 17.4 Å². The predicted molar refractivity (Wildman–Crippen MR) is 85.8 cm³/mol. The van der Waals surface area contributed by atoms with Gasteiger partial charge in [0.1, 0.15) is 0 Å². The molecule has 5 heteroatoms. The van der Waals surface area contributed by atoms with Crippen molar-refractivity contribution >= 4 is 27.1 Å². The first-order valence-corrected chi connectivity index (χ1v) is 9.03. The maximum Gasteiger partial charge on any atom is 0.175 e. The van der Waals surface area contributed by atoms with Crippen molar-refractivity contribution in [1.82, 2.24) is 0 Å². The van der Waals surface area contributed by atoms with Gasteiger partial charge in [0.2, 0.25) is 0 Å². The second kappa shape index (κ2) is 5.35. The Labute approximate surface area is 129 Å². The summed E-state index contributed by atoms with van der Waals surface area (Å²) in [5.74, 6) is 0. The van der Waals surface area contributed by atoms with Crippen LogP contribution < -0.4 is 5.32 Å².